The van der Waals surface area contributed by atoms with E-state index >= 15 is 0 Å². The molecular weight excluding hydrogens is 585 g/mol. The van der Waals surface area contributed by atoms with Gasteiger partial charge >= 0.3 is 0 Å². The maximum Gasteiger partial charge on any atom is 0.0640 e. The van der Waals surface area contributed by atoms with Crippen LogP contribution in [0.1, 0.15) is 22.3 Å². The van der Waals surface area contributed by atoms with Gasteiger partial charge in [0.2, 0.25) is 0 Å². The molecule has 0 aliphatic rings. The molecule has 0 atom stereocenters. The van der Waals surface area contributed by atoms with Crippen molar-refractivity contribution in [2.75, 3.05) is 0 Å². The van der Waals surface area contributed by atoms with Gasteiger partial charge in [-0.2, -0.15) is 0 Å². The first-order valence-electron chi connectivity index (χ1n) is 16.5. The second-order valence-corrected chi connectivity index (χ2v) is 12.9. The van der Waals surface area contributed by atoms with E-state index < -0.39 is 0 Å². The molecule has 0 saturated heterocycles. The smallest absolute Gasteiger partial charge is 0.0640 e. The number of hydrogen-bond donors (Lipinski definition) is 0. The van der Waals surface area contributed by atoms with E-state index in [1.807, 2.05) is 24.8 Å². The number of benzene rings is 5. The molecule has 4 nitrogen and oxygen atoms in total. The van der Waals surface area contributed by atoms with Gasteiger partial charge in [0.05, 0.1) is 33.4 Å². The number of rotatable bonds is 4. The van der Waals surface area contributed by atoms with Gasteiger partial charge in [0, 0.05) is 57.5 Å². The average Bonchev–Trinajstić information content (AvgIpc) is 3.64. The predicted molar refractivity (Wildman–Crippen MR) is 201 cm³/mol. The molecule has 0 N–H and O–H groups in total. The Bertz CT molecular complexity index is 2580. The van der Waals surface area contributed by atoms with Crippen LogP contribution in [0.3, 0.4) is 0 Å². The Morgan fingerprint density at radius 2 is 0.792 bits per heavy atom. The molecule has 9 rings (SSSR count). The summed E-state index contributed by atoms with van der Waals surface area (Å²) in [5.41, 5.74) is 16.6. The lowest BCUT2D eigenvalue weighted by Crippen LogP contribution is -2.06. The molecule has 0 aliphatic carbocycles. The largest absolute Gasteiger partial charge is 0.309 e. The summed E-state index contributed by atoms with van der Waals surface area (Å²) in [4.78, 5) is 8.85. The molecular formula is C44H34N4. The Morgan fingerprint density at radius 1 is 0.396 bits per heavy atom. The average molecular weight is 619 g/mol. The van der Waals surface area contributed by atoms with Gasteiger partial charge in [-0.1, -0.05) is 54.6 Å². The molecule has 0 spiro atoms. The van der Waals surface area contributed by atoms with Gasteiger partial charge < -0.3 is 9.13 Å². The highest BCUT2D eigenvalue weighted by Crippen LogP contribution is 2.47. The minimum absolute atomic E-state index is 1.11. The molecule has 9 aromatic rings. The molecule has 230 valence electrons. The van der Waals surface area contributed by atoms with Crippen molar-refractivity contribution < 1.29 is 0 Å². The van der Waals surface area contributed by atoms with Crippen molar-refractivity contribution in [3.63, 3.8) is 0 Å². The fraction of sp³-hybridized carbons (Fsp3) is 0.0909. The molecule has 0 radical (unpaired) electrons. The van der Waals surface area contributed by atoms with Crippen LogP contribution in [-0.2, 0) is 0 Å². The van der Waals surface area contributed by atoms with Crippen LogP contribution in [0.15, 0.2) is 134 Å². The molecule has 0 bridgehead atoms. The highest BCUT2D eigenvalue weighted by molar-refractivity contribution is 6.15. The zero-order chi connectivity index (χ0) is 32.5. The molecule has 4 aromatic heterocycles. The monoisotopic (exact) mass is 618 g/mol. The van der Waals surface area contributed by atoms with E-state index in [-0.39, 0.29) is 0 Å². The van der Waals surface area contributed by atoms with E-state index in [4.69, 9.17) is 0 Å². The molecule has 0 unspecified atom stereocenters. The lowest BCUT2D eigenvalue weighted by atomic mass is 9.94. The van der Waals surface area contributed by atoms with Crippen molar-refractivity contribution in [2.24, 2.45) is 0 Å². The standard InChI is InChI=1S/C44H34N4/c1-27-9-5-13-34-39(27)40-28(2)10-6-14-35(40)47(34)38-18-17-33(31-19-23-45-24-20-31)44(43(38)32-21-25-46-26-22-32)48-36-15-7-11-29(3)41(36)42-30(4)12-8-16-37(42)48/h5-26H,1-4H3. The van der Waals surface area contributed by atoms with Crippen molar-refractivity contribution in [2.45, 2.75) is 27.7 Å². The highest BCUT2D eigenvalue weighted by atomic mass is 15.0. The summed E-state index contributed by atoms with van der Waals surface area (Å²) in [6.07, 6.45) is 7.58. The number of hydrogen-bond acceptors (Lipinski definition) is 2. The number of pyridine rings is 2. The van der Waals surface area contributed by atoms with Gasteiger partial charge in [-0.25, -0.2) is 0 Å². The molecule has 0 saturated carbocycles. The Morgan fingerprint density at radius 3 is 1.23 bits per heavy atom. The lowest BCUT2D eigenvalue weighted by Gasteiger charge is -2.23. The summed E-state index contributed by atoms with van der Waals surface area (Å²) in [5.74, 6) is 0. The first kappa shape index (κ1) is 28.2. The van der Waals surface area contributed by atoms with Crippen LogP contribution in [0.4, 0.5) is 0 Å². The van der Waals surface area contributed by atoms with E-state index in [0.717, 1.165) is 33.6 Å². The Balaban J connectivity index is 1.56. The second kappa shape index (κ2) is 10.8. The van der Waals surface area contributed by atoms with Crippen molar-refractivity contribution in [1.82, 2.24) is 19.1 Å². The molecule has 5 aromatic carbocycles. The quantitative estimate of drug-likeness (QED) is 0.197. The van der Waals surface area contributed by atoms with Gasteiger partial charge in [-0.05, 0) is 116 Å². The highest BCUT2D eigenvalue weighted by Gasteiger charge is 2.26. The van der Waals surface area contributed by atoms with Gasteiger partial charge in [0.25, 0.3) is 0 Å². The van der Waals surface area contributed by atoms with E-state index in [2.05, 4.69) is 156 Å². The first-order valence-corrected chi connectivity index (χ1v) is 16.5. The molecule has 0 amide bonds. The normalized spacial score (nSPS) is 11.8. The predicted octanol–water partition coefficient (Wildman–Crippen LogP) is 11.2. The third kappa shape index (κ3) is 4.02. The van der Waals surface area contributed by atoms with Gasteiger partial charge in [0.1, 0.15) is 0 Å². The summed E-state index contributed by atoms with van der Waals surface area (Å²) < 4.78 is 4.98. The molecule has 4 heterocycles. The fourth-order valence-corrected chi connectivity index (χ4v) is 7.98. The topological polar surface area (TPSA) is 35.6 Å². The SMILES string of the molecule is Cc1cccc2c1c1c(C)cccc1n2-c1ccc(-c2ccncc2)c(-n2c3cccc(C)c3c3c(C)cccc32)c1-c1ccncc1. The number of aryl methyl sites for hydroxylation is 4. The van der Waals surface area contributed by atoms with Gasteiger partial charge in [-0.15, -0.1) is 0 Å². The lowest BCUT2D eigenvalue weighted by molar-refractivity contribution is 1.13. The summed E-state index contributed by atoms with van der Waals surface area (Å²) in [6.45, 7) is 8.91. The zero-order valence-electron chi connectivity index (χ0n) is 27.5. The Kier molecular flexibility index (Phi) is 6.34. The van der Waals surface area contributed by atoms with Crippen LogP contribution < -0.4 is 0 Å². The van der Waals surface area contributed by atoms with Crippen molar-refractivity contribution in [1.29, 1.82) is 0 Å². The maximum absolute atomic E-state index is 4.46. The first-order chi connectivity index (χ1) is 23.5. The molecule has 0 fully saturated rings. The van der Waals surface area contributed by atoms with Crippen LogP contribution in [-0.4, -0.2) is 19.1 Å². The van der Waals surface area contributed by atoms with Crippen LogP contribution >= 0.6 is 0 Å². The maximum atomic E-state index is 4.46. The summed E-state index contributed by atoms with van der Waals surface area (Å²) in [5, 5.41) is 5.18. The minimum atomic E-state index is 1.11. The minimum Gasteiger partial charge on any atom is -0.309 e. The zero-order valence-corrected chi connectivity index (χ0v) is 27.5. The number of nitrogens with zero attached hydrogens (tertiary/aromatic N) is 4. The Hall–Kier alpha value is -6.00. The van der Waals surface area contributed by atoms with Gasteiger partial charge in [-0.3, -0.25) is 9.97 Å². The Labute approximate surface area is 279 Å². The molecule has 4 heteroatoms. The number of fused-ring (bicyclic) bond motifs is 6. The van der Waals surface area contributed by atoms with E-state index in [1.54, 1.807) is 0 Å². The summed E-state index contributed by atoms with van der Waals surface area (Å²) in [6, 6.07) is 39.8. The fourth-order valence-electron chi connectivity index (χ4n) is 7.98. The van der Waals surface area contributed by atoms with Crippen molar-refractivity contribution in [3.05, 3.63) is 156 Å². The van der Waals surface area contributed by atoms with E-state index in [1.165, 1.54) is 65.9 Å². The van der Waals surface area contributed by atoms with Gasteiger partial charge in [0.15, 0.2) is 0 Å². The van der Waals surface area contributed by atoms with Crippen LogP contribution in [0.2, 0.25) is 0 Å². The number of aromatic nitrogens is 4. The van der Waals surface area contributed by atoms with Crippen molar-refractivity contribution >= 4 is 43.6 Å². The van der Waals surface area contributed by atoms with Crippen LogP contribution in [0, 0.1) is 27.7 Å². The molecule has 48 heavy (non-hydrogen) atoms. The molecule has 0 aliphatic heterocycles. The summed E-state index contributed by atoms with van der Waals surface area (Å²) in [7, 11) is 0. The summed E-state index contributed by atoms with van der Waals surface area (Å²) >= 11 is 0. The van der Waals surface area contributed by atoms with Crippen molar-refractivity contribution in [3.8, 4) is 33.6 Å². The van der Waals surface area contributed by atoms with E-state index in [9.17, 15) is 0 Å². The van der Waals surface area contributed by atoms with Crippen LogP contribution in [0.5, 0.6) is 0 Å². The van der Waals surface area contributed by atoms with Crippen LogP contribution in [0.25, 0.3) is 77.2 Å². The third-order valence-corrected chi connectivity index (χ3v) is 10.0. The van der Waals surface area contributed by atoms with E-state index in [0.29, 0.717) is 0 Å². The second-order valence-electron chi connectivity index (χ2n) is 12.9. The third-order valence-electron chi connectivity index (χ3n) is 10.0.